The third-order valence-electron chi connectivity index (χ3n) is 3.17. The van der Waals surface area contributed by atoms with E-state index in [1.807, 2.05) is 0 Å². The van der Waals surface area contributed by atoms with Crippen molar-refractivity contribution in [3.05, 3.63) is 10.6 Å². The molecule has 1 aromatic rings. The van der Waals surface area contributed by atoms with E-state index in [4.69, 9.17) is 0 Å². The van der Waals surface area contributed by atoms with Crippen molar-refractivity contribution in [2.45, 2.75) is 19.8 Å². The van der Waals surface area contributed by atoms with E-state index in [0.29, 0.717) is 11.4 Å². The van der Waals surface area contributed by atoms with Gasteiger partial charge in [0.1, 0.15) is 4.88 Å². The molecule has 1 aromatic heterocycles. The predicted octanol–water partition coefficient (Wildman–Crippen LogP) is 0.126. The first kappa shape index (κ1) is 14.4. The van der Waals surface area contributed by atoms with Crippen molar-refractivity contribution in [1.29, 1.82) is 0 Å². The Kier molecular flexibility index (Phi) is 5.68. The Balaban J connectivity index is 1.75. The topological polar surface area (TPSA) is 70.2 Å². The van der Waals surface area contributed by atoms with Gasteiger partial charge in [-0.2, -0.15) is 0 Å². The summed E-state index contributed by atoms with van der Waals surface area (Å²) in [5.41, 5.74) is 0.826. The summed E-state index contributed by atoms with van der Waals surface area (Å²) in [5.74, 6) is -0.0337. The Hall–Kier alpha value is -1.05. The van der Waals surface area contributed by atoms with E-state index in [-0.39, 0.29) is 5.91 Å². The van der Waals surface area contributed by atoms with Crippen LogP contribution in [0.1, 0.15) is 28.7 Å². The van der Waals surface area contributed by atoms with Crippen LogP contribution in [0.15, 0.2) is 0 Å². The van der Waals surface area contributed by atoms with E-state index in [0.717, 1.165) is 51.3 Å². The number of amides is 1. The molecule has 0 bridgehead atoms. The van der Waals surface area contributed by atoms with Crippen molar-refractivity contribution in [1.82, 2.24) is 25.1 Å². The summed E-state index contributed by atoms with van der Waals surface area (Å²) in [7, 11) is 0. The first-order chi connectivity index (χ1) is 9.31. The highest BCUT2D eigenvalue weighted by molar-refractivity contribution is 7.08. The van der Waals surface area contributed by atoms with Crippen LogP contribution in [0.4, 0.5) is 0 Å². The van der Waals surface area contributed by atoms with Gasteiger partial charge in [0.2, 0.25) is 0 Å². The average molecular weight is 283 g/mol. The lowest BCUT2D eigenvalue weighted by molar-refractivity contribution is 0.0950. The van der Waals surface area contributed by atoms with Crippen LogP contribution in [0.25, 0.3) is 0 Å². The molecule has 0 aromatic carbocycles. The third kappa shape index (κ3) is 4.22. The second kappa shape index (κ2) is 7.52. The molecule has 2 N–H and O–H groups in total. The first-order valence-corrected chi connectivity index (χ1v) is 7.61. The Bertz CT molecular complexity index is 403. The monoisotopic (exact) mass is 283 g/mol. The van der Waals surface area contributed by atoms with Crippen molar-refractivity contribution >= 4 is 17.4 Å². The molecular formula is C12H21N5OS. The lowest BCUT2D eigenvalue weighted by Gasteiger charge is -2.27. The van der Waals surface area contributed by atoms with Gasteiger partial charge in [-0.15, -0.1) is 5.10 Å². The van der Waals surface area contributed by atoms with Crippen molar-refractivity contribution in [3.8, 4) is 0 Å². The maximum Gasteiger partial charge on any atom is 0.264 e. The number of hydrogen-bond donors (Lipinski definition) is 2. The van der Waals surface area contributed by atoms with Crippen LogP contribution in [0.5, 0.6) is 0 Å². The summed E-state index contributed by atoms with van der Waals surface area (Å²) in [6, 6.07) is 0. The molecule has 0 radical (unpaired) electrons. The van der Waals surface area contributed by atoms with Gasteiger partial charge in [-0.25, -0.2) is 0 Å². The van der Waals surface area contributed by atoms with Crippen molar-refractivity contribution < 1.29 is 4.79 Å². The molecule has 0 saturated carbocycles. The normalized spacial score (nSPS) is 16.5. The van der Waals surface area contributed by atoms with Gasteiger partial charge >= 0.3 is 0 Å². The summed E-state index contributed by atoms with van der Waals surface area (Å²) in [6.07, 6.45) is 1.80. The largest absolute Gasteiger partial charge is 0.350 e. The molecule has 0 unspecified atom stereocenters. The minimum atomic E-state index is -0.0337. The highest BCUT2D eigenvalue weighted by Crippen LogP contribution is 2.12. The number of nitrogens with zero attached hydrogens (tertiary/aromatic N) is 3. The number of aryl methyl sites for hydroxylation is 1. The minimum Gasteiger partial charge on any atom is -0.350 e. The van der Waals surface area contributed by atoms with Gasteiger partial charge in [0.25, 0.3) is 5.91 Å². The maximum atomic E-state index is 12.0. The van der Waals surface area contributed by atoms with Gasteiger partial charge < -0.3 is 10.6 Å². The summed E-state index contributed by atoms with van der Waals surface area (Å²) in [4.78, 5) is 15.1. The molecule has 0 spiro atoms. The highest BCUT2D eigenvalue weighted by Gasteiger charge is 2.15. The number of nitrogens with one attached hydrogen (secondary N) is 2. The SMILES string of the molecule is CCCc1nnsc1C(=O)NCCN1CCNCC1. The van der Waals surface area contributed by atoms with E-state index < -0.39 is 0 Å². The van der Waals surface area contributed by atoms with Crippen LogP contribution in [0.3, 0.4) is 0 Å². The summed E-state index contributed by atoms with van der Waals surface area (Å²) in [5, 5.41) is 10.3. The van der Waals surface area contributed by atoms with Gasteiger partial charge in [0, 0.05) is 39.3 Å². The Morgan fingerprint density at radius 1 is 1.47 bits per heavy atom. The van der Waals surface area contributed by atoms with Crippen LogP contribution in [-0.2, 0) is 6.42 Å². The second-order valence-corrected chi connectivity index (χ2v) is 5.40. The second-order valence-electron chi connectivity index (χ2n) is 4.65. The third-order valence-corrected chi connectivity index (χ3v) is 3.94. The molecule has 19 heavy (non-hydrogen) atoms. The van der Waals surface area contributed by atoms with Crippen LogP contribution in [0.2, 0.25) is 0 Å². The van der Waals surface area contributed by atoms with E-state index in [9.17, 15) is 4.79 Å². The molecule has 1 fully saturated rings. The molecule has 0 aliphatic carbocycles. The summed E-state index contributed by atoms with van der Waals surface area (Å²) < 4.78 is 3.87. The van der Waals surface area contributed by atoms with Crippen LogP contribution in [-0.4, -0.2) is 59.7 Å². The van der Waals surface area contributed by atoms with Gasteiger partial charge in [0.15, 0.2) is 0 Å². The molecule has 7 heteroatoms. The Labute approximate surface area is 117 Å². The van der Waals surface area contributed by atoms with E-state index >= 15 is 0 Å². The fraction of sp³-hybridized carbons (Fsp3) is 0.750. The lowest BCUT2D eigenvalue weighted by Crippen LogP contribution is -2.46. The molecule has 1 saturated heterocycles. The number of piperazine rings is 1. The number of aromatic nitrogens is 2. The zero-order valence-corrected chi connectivity index (χ0v) is 12.1. The number of hydrogen-bond acceptors (Lipinski definition) is 6. The zero-order valence-electron chi connectivity index (χ0n) is 11.3. The van der Waals surface area contributed by atoms with E-state index in [1.54, 1.807) is 0 Å². The lowest BCUT2D eigenvalue weighted by atomic mass is 10.2. The maximum absolute atomic E-state index is 12.0. The van der Waals surface area contributed by atoms with Crippen molar-refractivity contribution in [2.24, 2.45) is 0 Å². The molecule has 0 atom stereocenters. The first-order valence-electron chi connectivity index (χ1n) is 6.83. The molecule has 1 aliphatic heterocycles. The molecular weight excluding hydrogens is 262 g/mol. The van der Waals surface area contributed by atoms with Crippen molar-refractivity contribution in [3.63, 3.8) is 0 Å². The van der Waals surface area contributed by atoms with Crippen LogP contribution < -0.4 is 10.6 Å². The molecule has 6 nitrogen and oxygen atoms in total. The number of carbonyl (C=O) groups excluding carboxylic acids is 1. The van der Waals surface area contributed by atoms with Crippen LogP contribution >= 0.6 is 11.5 Å². The minimum absolute atomic E-state index is 0.0337. The smallest absolute Gasteiger partial charge is 0.264 e. The molecule has 2 rings (SSSR count). The fourth-order valence-corrected chi connectivity index (χ4v) is 2.75. The van der Waals surface area contributed by atoms with E-state index in [2.05, 4.69) is 32.0 Å². The summed E-state index contributed by atoms with van der Waals surface area (Å²) >= 11 is 1.19. The molecule has 106 valence electrons. The standard InChI is InChI=1S/C12H21N5OS/c1-2-3-10-11(19-16-15-10)12(18)14-6-9-17-7-4-13-5-8-17/h13H,2-9H2,1H3,(H,14,18). The van der Waals surface area contributed by atoms with Gasteiger partial charge in [-0.3, -0.25) is 9.69 Å². The number of carbonyl (C=O) groups is 1. The predicted molar refractivity (Wildman–Crippen MR) is 75.5 cm³/mol. The molecule has 2 heterocycles. The molecule has 1 aliphatic rings. The zero-order chi connectivity index (χ0) is 13.5. The van der Waals surface area contributed by atoms with Gasteiger partial charge in [-0.1, -0.05) is 17.8 Å². The fourth-order valence-electron chi connectivity index (χ4n) is 2.12. The van der Waals surface area contributed by atoms with Gasteiger partial charge in [0.05, 0.1) is 5.69 Å². The van der Waals surface area contributed by atoms with E-state index in [1.165, 1.54) is 11.5 Å². The molecule has 1 amide bonds. The quantitative estimate of drug-likeness (QED) is 0.776. The Morgan fingerprint density at radius 2 is 2.26 bits per heavy atom. The average Bonchev–Trinajstić information content (AvgIpc) is 2.89. The summed E-state index contributed by atoms with van der Waals surface area (Å²) in [6.45, 7) is 7.84. The Morgan fingerprint density at radius 3 is 3.00 bits per heavy atom. The number of rotatable bonds is 6. The highest BCUT2D eigenvalue weighted by atomic mass is 32.1. The van der Waals surface area contributed by atoms with Crippen LogP contribution in [0, 0.1) is 0 Å². The van der Waals surface area contributed by atoms with Crippen molar-refractivity contribution in [2.75, 3.05) is 39.3 Å². The van der Waals surface area contributed by atoms with Gasteiger partial charge in [-0.05, 0) is 18.0 Å².